The van der Waals surface area contributed by atoms with Crippen molar-refractivity contribution in [3.05, 3.63) is 0 Å². The first kappa shape index (κ1) is 19.7. The quantitative estimate of drug-likeness (QED) is 0.308. The van der Waals surface area contributed by atoms with E-state index in [0.717, 1.165) is 19.5 Å². The van der Waals surface area contributed by atoms with E-state index in [1.165, 1.54) is 19.3 Å². The summed E-state index contributed by atoms with van der Waals surface area (Å²) < 4.78 is 0. The summed E-state index contributed by atoms with van der Waals surface area (Å²) in [5.74, 6) is -0.139. The van der Waals surface area contributed by atoms with Crippen LogP contribution in [0.4, 0.5) is 4.79 Å². The molecule has 0 saturated heterocycles. The van der Waals surface area contributed by atoms with Crippen molar-refractivity contribution < 1.29 is 9.59 Å². The zero-order valence-corrected chi connectivity index (χ0v) is 13.1. The Morgan fingerprint density at radius 3 is 2.29 bits per heavy atom. The van der Waals surface area contributed by atoms with Gasteiger partial charge in [0.05, 0.1) is 6.04 Å². The maximum absolute atomic E-state index is 11.7. The predicted molar refractivity (Wildman–Crippen MR) is 84.8 cm³/mol. The molecule has 1 atom stereocenters. The van der Waals surface area contributed by atoms with Crippen LogP contribution >= 0.6 is 0 Å². The molecule has 0 heterocycles. The molecular weight excluding hydrogens is 270 g/mol. The van der Waals surface area contributed by atoms with Crippen LogP contribution in [0.25, 0.3) is 0 Å². The van der Waals surface area contributed by atoms with Gasteiger partial charge in [-0.1, -0.05) is 19.8 Å². The van der Waals surface area contributed by atoms with Crippen LogP contribution in [-0.2, 0) is 4.79 Å². The Hall–Kier alpha value is -1.34. The maximum Gasteiger partial charge on any atom is 0.312 e. The summed E-state index contributed by atoms with van der Waals surface area (Å²) >= 11 is 0. The molecule has 0 aliphatic heterocycles. The van der Waals surface area contributed by atoms with Crippen molar-refractivity contribution in [1.82, 2.24) is 16.0 Å². The van der Waals surface area contributed by atoms with E-state index in [1.54, 1.807) is 0 Å². The summed E-state index contributed by atoms with van der Waals surface area (Å²) in [5, 5.41) is 8.62. The van der Waals surface area contributed by atoms with Gasteiger partial charge >= 0.3 is 6.03 Å². The molecule has 7 heteroatoms. The molecule has 0 bridgehead atoms. The molecule has 0 aromatic rings. The molecule has 21 heavy (non-hydrogen) atoms. The molecule has 0 radical (unpaired) electrons. The van der Waals surface area contributed by atoms with Gasteiger partial charge in [-0.15, -0.1) is 0 Å². The molecular formula is C14H31N5O2. The number of amides is 3. The molecule has 0 aliphatic rings. The maximum atomic E-state index is 11.7. The van der Waals surface area contributed by atoms with Gasteiger partial charge in [0.15, 0.2) is 0 Å². The number of rotatable bonds is 13. The van der Waals surface area contributed by atoms with Crippen molar-refractivity contribution in [1.29, 1.82) is 0 Å². The summed E-state index contributed by atoms with van der Waals surface area (Å²) in [6, 6.07) is -1.09. The number of nitrogens with two attached hydrogens (primary N) is 2. The van der Waals surface area contributed by atoms with Gasteiger partial charge in [0.1, 0.15) is 0 Å². The summed E-state index contributed by atoms with van der Waals surface area (Å²) in [7, 11) is 0. The Morgan fingerprint density at radius 1 is 0.952 bits per heavy atom. The van der Waals surface area contributed by atoms with E-state index in [4.69, 9.17) is 11.5 Å². The second-order valence-electron chi connectivity index (χ2n) is 5.14. The first-order valence-electron chi connectivity index (χ1n) is 7.85. The fraction of sp³-hybridized carbons (Fsp3) is 0.857. The van der Waals surface area contributed by atoms with Crippen molar-refractivity contribution in [2.45, 2.75) is 51.5 Å². The Labute approximate surface area is 127 Å². The first-order chi connectivity index (χ1) is 10.1. The highest BCUT2D eigenvalue weighted by molar-refractivity contribution is 5.81. The van der Waals surface area contributed by atoms with Gasteiger partial charge in [0.2, 0.25) is 5.91 Å². The molecule has 0 aromatic heterocycles. The molecule has 0 spiro atoms. The minimum atomic E-state index is -0.556. The number of carbonyl (C=O) groups is 2. The average molecular weight is 301 g/mol. The van der Waals surface area contributed by atoms with Crippen LogP contribution in [0.1, 0.15) is 45.4 Å². The number of unbranched alkanes of at least 4 members (excludes halogenated alkanes) is 2. The lowest BCUT2D eigenvalue weighted by Gasteiger charge is -2.12. The lowest BCUT2D eigenvalue weighted by atomic mass is 10.1. The number of carbonyl (C=O) groups excluding carboxylic acids is 2. The highest BCUT2D eigenvalue weighted by Crippen LogP contribution is 1.94. The van der Waals surface area contributed by atoms with E-state index in [0.29, 0.717) is 25.9 Å². The van der Waals surface area contributed by atoms with Crippen molar-refractivity contribution >= 4 is 11.9 Å². The van der Waals surface area contributed by atoms with Crippen LogP contribution in [0.3, 0.4) is 0 Å². The van der Waals surface area contributed by atoms with E-state index in [-0.39, 0.29) is 5.91 Å². The fourth-order valence-corrected chi connectivity index (χ4v) is 1.85. The Bertz CT molecular complexity index is 287. The van der Waals surface area contributed by atoms with Crippen LogP contribution < -0.4 is 27.4 Å². The van der Waals surface area contributed by atoms with Crippen molar-refractivity contribution in [3.8, 4) is 0 Å². The highest BCUT2D eigenvalue weighted by Gasteiger charge is 2.11. The fourth-order valence-electron chi connectivity index (χ4n) is 1.85. The number of nitrogens with one attached hydrogen (secondary N) is 3. The largest absolute Gasteiger partial charge is 0.355 e. The Morgan fingerprint density at radius 2 is 1.62 bits per heavy atom. The van der Waals surface area contributed by atoms with E-state index in [1.807, 2.05) is 0 Å². The molecule has 124 valence electrons. The minimum absolute atomic E-state index is 0.139. The minimum Gasteiger partial charge on any atom is -0.355 e. The van der Waals surface area contributed by atoms with Gasteiger partial charge in [-0.25, -0.2) is 4.79 Å². The third kappa shape index (κ3) is 13.4. The lowest BCUT2D eigenvalue weighted by molar-refractivity contribution is -0.122. The standard InChI is InChI=1S/C14H31N5O2/c1-2-3-4-8-17-9-6-11-18-13(20)12(15)7-5-10-19-14(16)21/h12,17H,2-11,15H2,1H3,(H,18,20)(H3,16,19,21). The van der Waals surface area contributed by atoms with Crippen LogP contribution in [0.5, 0.6) is 0 Å². The van der Waals surface area contributed by atoms with E-state index in [2.05, 4.69) is 22.9 Å². The number of hydrogen-bond acceptors (Lipinski definition) is 4. The smallest absolute Gasteiger partial charge is 0.312 e. The SMILES string of the molecule is CCCCCNCCCNC(=O)C(N)CCCNC(N)=O. The van der Waals surface area contributed by atoms with Crippen molar-refractivity contribution in [3.63, 3.8) is 0 Å². The molecule has 7 N–H and O–H groups in total. The zero-order chi connectivity index (χ0) is 15.9. The predicted octanol–water partition coefficient (Wildman–Crippen LogP) is 0.0483. The van der Waals surface area contributed by atoms with E-state index in [9.17, 15) is 9.59 Å². The van der Waals surface area contributed by atoms with E-state index >= 15 is 0 Å². The third-order valence-electron chi connectivity index (χ3n) is 3.11. The summed E-state index contributed by atoms with van der Waals surface area (Å²) in [6.07, 6.45) is 5.74. The molecule has 0 fully saturated rings. The normalized spacial score (nSPS) is 11.9. The van der Waals surface area contributed by atoms with Crippen LogP contribution in [0.2, 0.25) is 0 Å². The van der Waals surface area contributed by atoms with Gasteiger partial charge in [-0.05, 0) is 38.8 Å². The number of primary amides is 1. The zero-order valence-electron chi connectivity index (χ0n) is 13.1. The summed E-state index contributed by atoms with van der Waals surface area (Å²) in [4.78, 5) is 22.1. The van der Waals surface area contributed by atoms with Crippen LogP contribution in [0, 0.1) is 0 Å². The molecule has 0 rings (SSSR count). The average Bonchev–Trinajstić information content (AvgIpc) is 2.45. The monoisotopic (exact) mass is 301 g/mol. The Kier molecular flexibility index (Phi) is 12.8. The molecule has 3 amide bonds. The van der Waals surface area contributed by atoms with E-state index < -0.39 is 12.1 Å². The number of urea groups is 1. The highest BCUT2D eigenvalue weighted by atomic mass is 16.2. The lowest BCUT2D eigenvalue weighted by Crippen LogP contribution is -2.42. The molecule has 0 saturated carbocycles. The second kappa shape index (κ2) is 13.6. The second-order valence-corrected chi connectivity index (χ2v) is 5.14. The number of hydrogen-bond donors (Lipinski definition) is 5. The first-order valence-corrected chi connectivity index (χ1v) is 7.85. The van der Waals surface area contributed by atoms with Gasteiger partial charge in [-0.3, -0.25) is 4.79 Å². The van der Waals surface area contributed by atoms with Gasteiger partial charge in [0, 0.05) is 13.1 Å². The van der Waals surface area contributed by atoms with Crippen molar-refractivity contribution in [2.24, 2.45) is 11.5 Å². The summed E-state index contributed by atoms with van der Waals surface area (Å²) in [6.45, 7) is 5.20. The summed E-state index contributed by atoms with van der Waals surface area (Å²) in [5.41, 5.74) is 10.7. The van der Waals surface area contributed by atoms with Gasteiger partial charge in [0.25, 0.3) is 0 Å². The molecule has 0 aliphatic carbocycles. The van der Waals surface area contributed by atoms with Gasteiger partial charge < -0.3 is 27.4 Å². The molecule has 0 aromatic carbocycles. The third-order valence-corrected chi connectivity index (χ3v) is 3.11. The van der Waals surface area contributed by atoms with Gasteiger partial charge in [-0.2, -0.15) is 0 Å². The molecule has 1 unspecified atom stereocenters. The van der Waals surface area contributed by atoms with Crippen LogP contribution in [0.15, 0.2) is 0 Å². The molecule has 7 nitrogen and oxygen atoms in total. The van der Waals surface area contributed by atoms with Crippen LogP contribution in [-0.4, -0.2) is 44.2 Å². The van der Waals surface area contributed by atoms with Crippen molar-refractivity contribution in [2.75, 3.05) is 26.2 Å². The topological polar surface area (TPSA) is 122 Å². The Balaban J connectivity index is 3.41.